The van der Waals surface area contributed by atoms with Crippen molar-refractivity contribution in [3.05, 3.63) is 78.9 Å². The molecule has 0 bridgehead atoms. The van der Waals surface area contributed by atoms with Gasteiger partial charge in [-0.1, -0.05) is 78.1 Å². The predicted molar refractivity (Wildman–Crippen MR) is 135 cm³/mol. The molecular formula is C27H25N3O2S. The highest BCUT2D eigenvalue weighted by molar-refractivity contribution is 7.19. The summed E-state index contributed by atoms with van der Waals surface area (Å²) in [5.41, 5.74) is 11.9. The first-order valence-electron chi connectivity index (χ1n) is 11.1. The number of carboxylic acids is 1. The molecule has 166 valence electrons. The Bertz CT molecular complexity index is 1250. The lowest BCUT2D eigenvalue weighted by atomic mass is 9.99. The number of nitrogen functional groups attached to an aromatic ring is 1. The van der Waals surface area contributed by atoms with Crippen molar-refractivity contribution >= 4 is 28.1 Å². The van der Waals surface area contributed by atoms with Gasteiger partial charge in [-0.05, 0) is 41.7 Å². The molecule has 1 aliphatic heterocycles. The molecule has 3 aromatic carbocycles. The van der Waals surface area contributed by atoms with Crippen LogP contribution in [-0.2, 0) is 4.79 Å². The predicted octanol–water partition coefficient (Wildman–Crippen LogP) is 6.03. The fraction of sp³-hybridized carbons (Fsp3) is 0.185. The van der Waals surface area contributed by atoms with Crippen LogP contribution in [0.2, 0.25) is 0 Å². The molecule has 1 saturated heterocycles. The van der Waals surface area contributed by atoms with Crippen molar-refractivity contribution in [3.63, 3.8) is 0 Å². The third kappa shape index (κ3) is 4.47. The Morgan fingerprint density at radius 2 is 1.55 bits per heavy atom. The van der Waals surface area contributed by atoms with Crippen LogP contribution in [0, 0.1) is 5.92 Å². The third-order valence-corrected chi connectivity index (χ3v) is 7.26. The molecule has 5 nitrogen and oxygen atoms in total. The summed E-state index contributed by atoms with van der Waals surface area (Å²) in [6.07, 6.45) is 1.59. The second kappa shape index (κ2) is 9.08. The normalized spacial score (nSPS) is 16.0. The SMILES string of the molecule is Nc1ccc(-c2ccc(-c3nc(N4CCC[C@H](C(=O)O)C4)sc3-c3ccccc3)cc2)cc1. The highest BCUT2D eigenvalue weighted by Crippen LogP contribution is 2.41. The Morgan fingerprint density at radius 3 is 2.21 bits per heavy atom. The van der Waals surface area contributed by atoms with E-state index in [1.54, 1.807) is 11.3 Å². The van der Waals surface area contributed by atoms with E-state index in [0.717, 1.165) is 63.0 Å². The number of aliphatic carboxylic acids is 1. The average molecular weight is 456 g/mol. The number of carbonyl (C=O) groups is 1. The number of anilines is 2. The highest BCUT2D eigenvalue weighted by atomic mass is 32.1. The maximum absolute atomic E-state index is 11.6. The molecule has 0 unspecified atom stereocenters. The van der Waals surface area contributed by atoms with Crippen molar-refractivity contribution in [1.82, 2.24) is 4.98 Å². The molecule has 2 heterocycles. The van der Waals surface area contributed by atoms with Gasteiger partial charge < -0.3 is 15.7 Å². The van der Waals surface area contributed by atoms with Crippen LogP contribution in [0.5, 0.6) is 0 Å². The van der Waals surface area contributed by atoms with Crippen molar-refractivity contribution in [2.75, 3.05) is 23.7 Å². The summed E-state index contributed by atoms with van der Waals surface area (Å²) in [4.78, 5) is 19.8. The van der Waals surface area contributed by atoms with Crippen LogP contribution in [0.25, 0.3) is 32.8 Å². The summed E-state index contributed by atoms with van der Waals surface area (Å²) in [6, 6.07) is 26.6. The Balaban J connectivity index is 1.52. The zero-order valence-electron chi connectivity index (χ0n) is 18.1. The monoisotopic (exact) mass is 455 g/mol. The number of nitrogens with zero attached hydrogens (tertiary/aromatic N) is 2. The van der Waals surface area contributed by atoms with Gasteiger partial charge in [-0.15, -0.1) is 0 Å². The van der Waals surface area contributed by atoms with Crippen molar-refractivity contribution in [2.24, 2.45) is 5.92 Å². The Morgan fingerprint density at radius 1 is 0.909 bits per heavy atom. The van der Waals surface area contributed by atoms with E-state index in [0.29, 0.717) is 6.54 Å². The molecule has 1 atom stereocenters. The van der Waals surface area contributed by atoms with Crippen LogP contribution < -0.4 is 10.6 Å². The summed E-state index contributed by atoms with van der Waals surface area (Å²) >= 11 is 1.64. The quantitative estimate of drug-likeness (QED) is 0.359. The van der Waals surface area contributed by atoms with Crippen LogP contribution in [0.15, 0.2) is 78.9 Å². The molecule has 1 aliphatic rings. The molecule has 1 fully saturated rings. The van der Waals surface area contributed by atoms with Crippen LogP contribution in [-0.4, -0.2) is 29.1 Å². The minimum Gasteiger partial charge on any atom is -0.481 e. The molecule has 5 rings (SSSR count). The third-order valence-electron chi connectivity index (χ3n) is 6.10. The van der Waals surface area contributed by atoms with Crippen LogP contribution >= 0.6 is 11.3 Å². The summed E-state index contributed by atoms with van der Waals surface area (Å²) < 4.78 is 0. The van der Waals surface area contributed by atoms with E-state index in [-0.39, 0.29) is 5.92 Å². The number of nitrogens with two attached hydrogens (primary N) is 1. The highest BCUT2D eigenvalue weighted by Gasteiger charge is 2.28. The molecule has 0 spiro atoms. The zero-order valence-corrected chi connectivity index (χ0v) is 19.0. The molecule has 0 amide bonds. The van der Waals surface area contributed by atoms with E-state index in [1.165, 1.54) is 0 Å². The minimum atomic E-state index is -0.724. The summed E-state index contributed by atoms with van der Waals surface area (Å²) in [5.74, 6) is -1.07. The number of aromatic nitrogens is 1. The van der Waals surface area contributed by atoms with Crippen molar-refractivity contribution in [1.29, 1.82) is 0 Å². The van der Waals surface area contributed by atoms with Gasteiger partial charge in [0.25, 0.3) is 0 Å². The van der Waals surface area contributed by atoms with Gasteiger partial charge in [-0.2, -0.15) is 0 Å². The first-order chi connectivity index (χ1) is 16.1. The molecular weight excluding hydrogens is 430 g/mol. The van der Waals surface area contributed by atoms with Crippen LogP contribution in [0.4, 0.5) is 10.8 Å². The molecule has 0 saturated carbocycles. The Hall–Kier alpha value is -3.64. The number of hydrogen-bond donors (Lipinski definition) is 2. The first kappa shape index (κ1) is 21.2. The van der Waals surface area contributed by atoms with Gasteiger partial charge in [0.05, 0.1) is 16.5 Å². The molecule has 3 N–H and O–H groups in total. The number of hydrogen-bond acceptors (Lipinski definition) is 5. The van der Waals surface area contributed by atoms with Gasteiger partial charge in [0, 0.05) is 24.3 Å². The maximum atomic E-state index is 11.6. The van der Waals surface area contributed by atoms with Crippen molar-refractivity contribution in [2.45, 2.75) is 12.8 Å². The number of carboxylic acid groups (broad SMARTS) is 1. The van der Waals surface area contributed by atoms with Gasteiger partial charge >= 0.3 is 5.97 Å². The second-order valence-corrected chi connectivity index (χ2v) is 9.34. The number of piperidine rings is 1. The number of thiazole rings is 1. The fourth-order valence-electron chi connectivity index (χ4n) is 4.27. The second-order valence-electron chi connectivity index (χ2n) is 8.36. The lowest BCUT2D eigenvalue weighted by Crippen LogP contribution is -2.38. The smallest absolute Gasteiger partial charge is 0.308 e. The van der Waals surface area contributed by atoms with Crippen molar-refractivity contribution < 1.29 is 9.90 Å². The average Bonchev–Trinajstić information content (AvgIpc) is 3.31. The summed E-state index contributed by atoms with van der Waals surface area (Å²) in [5, 5.41) is 10.4. The molecule has 0 aliphatic carbocycles. The van der Waals surface area contributed by atoms with E-state index in [1.807, 2.05) is 42.5 Å². The maximum Gasteiger partial charge on any atom is 0.308 e. The molecule has 0 radical (unpaired) electrons. The first-order valence-corrected chi connectivity index (χ1v) is 11.9. The van der Waals surface area contributed by atoms with Gasteiger partial charge in [-0.25, -0.2) is 4.98 Å². The molecule has 4 aromatic rings. The lowest BCUT2D eigenvalue weighted by molar-refractivity contribution is -0.141. The van der Waals surface area contributed by atoms with Gasteiger partial charge in [0.2, 0.25) is 0 Å². The standard InChI is InChI=1S/C27H25N3O2S/c28-23-14-12-19(13-15-23)18-8-10-20(11-9-18)24-25(21-5-2-1-3-6-21)33-27(29-24)30-16-4-7-22(17-30)26(31)32/h1-3,5-6,8-15,22H,4,7,16-17,28H2,(H,31,32)/t22-/m0/s1. The molecule has 6 heteroatoms. The summed E-state index contributed by atoms with van der Waals surface area (Å²) in [7, 11) is 0. The van der Waals surface area contributed by atoms with E-state index in [9.17, 15) is 9.90 Å². The number of benzene rings is 3. The minimum absolute atomic E-state index is 0.342. The van der Waals surface area contributed by atoms with Crippen LogP contribution in [0.3, 0.4) is 0 Å². The Kier molecular flexibility index (Phi) is 5.84. The van der Waals surface area contributed by atoms with Gasteiger partial charge in [0.1, 0.15) is 0 Å². The topological polar surface area (TPSA) is 79.5 Å². The number of rotatable bonds is 5. The van der Waals surface area contributed by atoms with Gasteiger partial charge in [0.15, 0.2) is 5.13 Å². The van der Waals surface area contributed by atoms with Crippen LogP contribution in [0.1, 0.15) is 12.8 Å². The van der Waals surface area contributed by atoms with E-state index in [2.05, 4.69) is 41.3 Å². The molecule has 1 aromatic heterocycles. The van der Waals surface area contributed by atoms with Crippen molar-refractivity contribution in [3.8, 4) is 32.8 Å². The zero-order chi connectivity index (χ0) is 22.8. The Labute approximate surface area is 197 Å². The van der Waals surface area contributed by atoms with E-state index in [4.69, 9.17) is 10.7 Å². The van der Waals surface area contributed by atoms with Gasteiger partial charge in [-0.3, -0.25) is 4.79 Å². The lowest BCUT2D eigenvalue weighted by Gasteiger charge is -2.30. The fourth-order valence-corrected chi connectivity index (χ4v) is 5.40. The summed E-state index contributed by atoms with van der Waals surface area (Å²) in [6.45, 7) is 1.34. The molecule has 33 heavy (non-hydrogen) atoms. The van der Waals surface area contributed by atoms with E-state index < -0.39 is 5.97 Å². The van der Waals surface area contributed by atoms with E-state index >= 15 is 0 Å². The largest absolute Gasteiger partial charge is 0.481 e.